The van der Waals surface area contributed by atoms with Crippen molar-refractivity contribution in [1.82, 2.24) is 24.9 Å². The molecule has 0 bridgehead atoms. The first-order valence-electron chi connectivity index (χ1n) is 11.9. The van der Waals surface area contributed by atoms with Crippen molar-refractivity contribution >= 4 is 0 Å². The quantitative estimate of drug-likeness (QED) is 0.441. The molecule has 8 nitrogen and oxygen atoms in total. The molecule has 0 radical (unpaired) electrons. The third kappa shape index (κ3) is 4.52. The molecule has 0 amide bonds. The lowest BCUT2D eigenvalue weighted by Crippen LogP contribution is -2.27. The number of nitrogens with zero attached hydrogens (tertiary/aromatic N) is 4. The SMILES string of the molecule is CNC[C@H](c1cc(-c2ccc(C#C[C@H]3[C@H]4CN(CCO)C[C@@H]34)cc2)on1)n1ccnc1[C@H](C)O. The number of rotatable bonds is 8. The van der Waals surface area contributed by atoms with Crippen molar-refractivity contribution < 1.29 is 14.7 Å². The third-order valence-corrected chi connectivity index (χ3v) is 6.91. The number of benzene rings is 1. The van der Waals surface area contributed by atoms with E-state index in [-0.39, 0.29) is 12.6 Å². The van der Waals surface area contributed by atoms with Crippen LogP contribution in [0.5, 0.6) is 0 Å². The highest BCUT2D eigenvalue weighted by atomic mass is 16.5. The Morgan fingerprint density at radius 1 is 1.24 bits per heavy atom. The van der Waals surface area contributed by atoms with Crippen molar-refractivity contribution in [2.45, 2.75) is 19.1 Å². The second-order valence-corrected chi connectivity index (χ2v) is 9.24. The van der Waals surface area contributed by atoms with Crippen LogP contribution in [0.25, 0.3) is 11.3 Å². The number of likely N-dealkylation sites (tertiary alicyclic amines) is 1. The molecule has 5 rings (SSSR count). The summed E-state index contributed by atoms with van der Waals surface area (Å²) in [5.41, 5.74) is 2.70. The number of piperidine rings is 1. The molecule has 5 atom stereocenters. The van der Waals surface area contributed by atoms with Crippen LogP contribution in [0.1, 0.15) is 36.2 Å². The van der Waals surface area contributed by atoms with Gasteiger partial charge >= 0.3 is 0 Å². The summed E-state index contributed by atoms with van der Waals surface area (Å²) in [4.78, 5) is 6.61. The molecule has 0 unspecified atom stereocenters. The summed E-state index contributed by atoms with van der Waals surface area (Å²) in [6.07, 6.45) is 2.86. The highest BCUT2D eigenvalue weighted by Gasteiger charge is 2.54. The summed E-state index contributed by atoms with van der Waals surface area (Å²) in [6.45, 7) is 5.45. The van der Waals surface area contributed by atoms with Gasteiger partial charge in [-0.25, -0.2) is 4.98 Å². The number of aliphatic hydroxyl groups excluding tert-OH is 2. The number of hydrogen-bond acceptors (Lipinski definition) is 7. The maximum Gasteiger partial charge on any atom is 0.167 e. The van der Waals surface area contributed by atoms with E-state index in [9.17, 15) is 5.11 Å². The Morgan fingerprint density at radius 2 is 2.00 bits per heavy atom. The monoisotopic (exact) mass is 461 g/mol. The first kappa shape index (κ1) is 22.8. The average molecular weight is 462 g/mol. The summed E-state index contributed by atoms with van der Waals surface area (Å²) in [5.74, 6) is 9.89. The fourth-order valence-electron chi connectivity index (χ4n) is 5.07. The van der Waals surface area contributed by atoms with Crippen LogP contribution in [-0.2, 0) is 0 Å². The first-order chi connectivity index (χ1) is 16.6. The average Bonchev–Trinajstić information content (AvgIpc) is 3.35. The van der Waals surface area contributed by atoms with E-state index in [0.29, 0.717) is 35.9 Å². The van der Waals surface area contributed by atoms with E-state index in [2.05, 4.69) is 32.2 Å². The second-order valence-electron chi connectivity index (χ2n) is 9.24. The normalized spacial score (nSPS) is 23.2. The van der Waals surface area contributed by atoms with Gasteiger partial charge in [0.15, 0.2) is 5.76 Å². The van der Waals surface area contributed by atoms with Crippen molar-refractivity contribution in [3.63, 3.8) is 0 Å². The van der Waals surface area contributed by atoms with Crippen molar-refractivity contribution in [1.29, 1.82) is 0 Å². The lowest BCUT2D eigenvalue weighted by molar-refractivity contribution is 0.181. The maximum absolute atomic E-state index is 10.1. The molecule has 3 heterocycles. The van der Waals surface area contributed by atoms with Crippen molar-refractivity contribution in [2.24, 2.45) is 17.8 Å². The predicted octanol–water partition coefficient (Wildman–Crippen LogP) is 1.92. The number of aromatic nitrogens is 3. The largest absolute Gasteiger partial charge is 0.395 e. The van der Waals surface area contributed by atoms with Crippen LogP contribution in [0.2, 0.25) is 0 Å². The van der Waals surface area contributed by atoms with Crippen LogP contribution >= 0.6 is 0 Å². The van der Waals surface area contributed by atoms with Crippen LogP contribution in [0.4, 0.5) is 0 Å². The molecule has 2 fully saturated rings. The van der Waals surface area contributed by atoms with Gasteiger partial charge in [0.1, 0.15) is 17.6 Å². The van der Waals surface area contributed by atoms with Gasteiger partial charge in [0.25, 0.3) is 0 Å². The molecular weight excluding hydrogens is 430 g/mol. The number of β-amino-alcohol motifs (C(OH)–C–C–N with tert-alkyl or cyclic N) is 1. The Hall–Kier alpha value is -2.96. The zero-order valence-corrected chi connectivity index (χ0v) is 19.6. The van der Waals surface area contributed by atoms with Crippen molar-refractivity contribution in [2.75, 3.05) is 39.8 Å². The number of nitrogens with one attached hydrogen (secondary N) is 1. The van der Waals surface area contributed by atoms with Gasteiger partial charge in [-0.3, -0.25) is 0 Å². The highest BCUT2D eigenvalue weighted by molar-refractivity contribution is 5.59. The summed E-state index contributed by atoms with van der Waals surface area (Å²) in [5, 5.41) is 26.6. The van der Waals surface area contributed by atoms with Crippen LogP contribution in [0, 0.1) is 29.6 Å². The number of fused-ring (bicyclic) bond motifs is 1. The lowest BCUT2D eigenvalue weighted by Gasteiger charge is -2.19. The van der Waals surface area contributed by atoms with Crippen molar-refractivity contribution in [3.8, 4) is 23.2 Å². The molecule has 3 N–H and O–H groups in total. The highest BCUT2D eigenvalue weighted by Crippen LogP contribution is 2.51. The Bertz CT molecular complexity index is 1160. The molecule has 1 aromatic carbocycles. The maximum atomic E-state index is 10.1. The Morgan fingerprint density at radius 3 is 2.68 bits per heavy atom. The zero-order valence-electron chi connectivity index (χ0n) is 19.6. The van der Waals surface area contributed by atoms with Crippen LogP contribution in [-0.4, -0.2) is 69.7 Å². The summed E-state index contributed by atoms with van der Waals surface area (Å²) >= 11 is 0. The molecule has 34 heavy (non-hydrogen) atoms. The Balaban J connectivity index is 1.26. The van der Waals surface area contributed by atoms with Gasteiger partial charge in [0.05, 0.1) is 12.6 Å². The molecule has 1 aliphatic heterocycles. The Labute approximate surface area is 199 Å². The Kier molecular flexibility index (Phi) is 6.53. The first-order valence-corrected chi connectivity index (χ1v) is 11.9. The van der Waals surface area contributed by atoms with Gasteiger partial charge in [0.2, 0.25) is 0 Å². The smallest absolute Gasteiger partial charge is 0.167 e. The van der Waals surface area contributed by atoms with Gasteiger partial charge in [-0.2, -0.15) is 0 Å². The third-order valence-electron chi connectivity index (χ3n) is 6.91. The minimum absolute atomic E-state index is 0.147. The van der Waals surface area contributed by atoms with Crippen LogP contribution in [0.15, 0.2) is 47.2 Å². The van der Waals surface area contributed by atoms with Crippen molar-refractivity contribution in [3.05, 3.63) is 59.8 Å². The molecule has 1 saturated carbocycles. The van der Waals surface area contributed by atoms with E-state index >= 15 is 0 Å². The van der Waals surface area contributed by atoms with Gasteiger partial charge < -0.3 is 29.5 Å². The minimum Gasteiger partial charge on any atom is -0.395 e. The molecular formula is C26H31N5O3. The van der Waals surface area contributed by atoms with Gasteiger partial charge in [-0.05, 0) is 50.1 Å². The van der Waals surface area contributed by atoms with Gasteiger partial charge in [-0.15, -0.1) is 0 Å². The van der Waals surface area contributed by atoms with E-state index in [4.69, 9.17) is 9.63 Å². The van der Waals surface area contributed by atoms with Gasteiger partial charge in [-0.1, -0.05) is 17.0 Å². The topological polar surface area (TPSA) is 99.6 Å². The molecule has 2 aromatic heterocycles. The van der Waals surface area contributed by atoms with Crippen LogP contribution in [0.3, 0.4) is 0 Å². The number of likely N-dealkylation sites (N-methyl/N-ethyl adjacent to an activating group) is 1. The zero-order chi connectivity index (χ0) is 23.7. The van der Waals surface area contributed by atoms with E-state index in [1.165, 1.54) is 0 Å². The number of hydrogen-bond donors (Lipinski definition) is 3. The summed E-state index contributed by atoms with van der Waals surface area (Å²) < 4.78 is 7.60. The standard InChI is InChI=1S/C26H31N5O3/c1-17(33)26-28-9-10-31(26)24(14-27-2)23-13-25(34-29-23)19-6-3-18(4-7-19)5-8-20-21-15-30(11-12-32)16-22(20)21/h3-4,6-7,9-10,13,17,20-22,24,27,32-33H,11-12,14-16H2,1-2H3/t17-,20-,21+,22-,24+/m0/s1. The fourth-order valence-corrected chi connectivity index (χ4v) is 5.07. The summed E-state index contributed by atoms with van der Waals surface area (Å²) in [6, 6.07) is 9.86. The lowest BCUT2D eigenvalue weighted by atomic mass is 10.1. The molecule has 178 valence electrons. The van der Waals surface area contributed by atoms with E-state index < -0.39 is 6.10 Å². The summed E-state index contributed by atoms with van der Waals surface area (Å²) in [7, 11) is 1.88. The molecule has 2 aliphatic rings. The minimum atomic E-state index is -0.677. The van der Waals surface area contributed by atoms with E-state index in [1.807, 2.05) is 48.1 Å². The molecule has 1 aliphatic carbocycles. The number of aliphatic hydroxyl groups is 2. The molecule has 8 heteroatoms. The van der Waals surface area contributed by atoms with E-state index in [1.54, 1.807) is 13.1 Å². The second kappa shape index (κ2) is 9.72. The fraction of sp³-hybridized carbons (Fsp3) is 0.462. The van der Waals surface area contributed by atoms with E-state index in [0.717, 1.165) is 36.5 Å². The molecule has 3 aromatic rings. The number of imidazole rings is 1. The van der Waals surface area contributed by atoms with Gasteiger partial charge in [0, 0.05) is 61.7 Å². The predicted molar refractivity (Wildman–Crippen MR) is 128 cm³/mol. The molecule has 0 spiro atoms. The van der Waals surface area contributed by atoms with Crippen LogP contribution < -0.4 is 5.32 Å². The molecule has 1 saturated heterocycles.